The van der Waals surface area contributed by atoms with Gasteiger partial charge < -0.3 is 10.2 Å². The van der Waals surface area contributed by atoms with Crippen LogP contribution in [0.25, 0.3) is 0 Å². The molecule has 2 rings (SSSR count). The summed E-state index contributed by atoms with van der Waals surface area (Å²) < 4.78 is 0. The molecule has 1 N–H and O–H groups in total. The zero-order valence-electron chi connectivity index (χ0n) is 6.90. The number of likely N-dealkylation sites (tertiary alicyclic amines) is 1. The third kappa shape index (κ3) is 3.18. The number of nitrogens with zero attached hydrogens (tertiary/aromatic N) is 1. The zero-order chi connectivity index (χ0) is 7.23. The quantitative estimate of drug-likeness (QED) is 0.535. The smallest absolute Gasteiger partial charge is 0.00213 e. The number of hydrogen-bond acceptors (Lipinski definition) is 2. The summed E-state index contributed by atoms with van der Waals surface area (Å²) in [6, 6.07) is 0. The lowest BCUT2D eigenvalue weighted by atomic mass is 10.3. The Morgan fingerprint density at radius 2 is 1.40 bits per heavy atom. The minimum atomic E-state index is 1.25. The third-order valence-corrected chi connectivity index (χ3v) is 2.04. The summed E-state index contributed by atoms with van der Waals surface area (Å²) in [5.41, 5.74) is 0. The number of nitrogens with one attached hydrogen (secondary N) is 1. The predicted octanol–water partition coefficient (Wildman–Crippen LogP) is 0.692. The average Bonchev–Trinajstić information content (AvgIpc) is 2.12. The Hall–Kier alpha value is -0.0800. The van der Waals surface area contributed by atoms with Gasteiger partial charge in [-0.25, -0.2) is 0 Å². The fraction of sp³-hybridized carbons (Fsp3) is 1.00. The van der Waals surface area contributed by atoms with Crippen LogP contribution in [0.1, 0.15) is 19.3 Å². The van der Waals surface area contributed by atoms with Gasteiger partial charge in [0, 0.05) is 0 Å². The first-order chi connectivity index (χ1) is 4.89. The molecule has 60 valence electrons. The Bertz CT molecular complexity index is 69.3. The van der Waals surface area contributed by atoms with Crippen molar-refractivity contribution in [1.29, 1.82) is 0 Å². The van der Waals surface area contributed by atoms with Crippen molar-refractivity contribution in [3.8, 4) is 0 Å². The monoisotopic (exact) mass is 142 g/mol. The zero-order valence-corrected chi connectivity index (χ0v) is 6.90. The van der Waals surface area contributed by atoms with Crippen molar-refractivity contribution in [3.63, 3.8) is 0 Å². The Morgan fingerprint density at radius 3 is 1.50 bits per heavy atom. The van der Waals surface area contributed by atoms with Gasteiger partial charge in [-0.1, -0.05) is 0 Å². The Balaban J connectivity index is 0.000000108. The topological polar surface area (TPSA) is 15.3 Å². The van der Waals surface area contributed by atoms with E-state index in [1.165, 1.54) is 45.4 Å². The highest BCUT2D eigenvalue weighted by Gasteiger charge is 2.03. The Kier molecular flexibility index (Phi) is 3.76. The van der Waals surface area contributed by atoms with Gasteiger partial charge in [-0.2, -0.15) is 0 Å². The maximum atomic E-state index is 3.11. The van der Waals surface area contributed by atoms with Crippen molar-refractivity contribution in [1.82, 2.24) is 10.2 Å². The molecule has 2 fully saturated rings. The van der Waals surface area contributed by atoms with E-state index in [0.717, 1.165) is 0 Å². The molecule has 2 heterocycles. The largest absolute Gasteiger partial charge is 0.317 e. The van der Waals surface area contributed by atoms with Crippen LogP contribution in [0.4, 0.5) is 0 Å². The highest BCUT2D eigenvalue weighted by atomic mass is 15.1. The molecule has 0 bridgehead atoms. The van der Waals surface area contributed by atoms with E-state index in [-0.39, 0.29) is 0 Å². The van der Waals surface area contributed by atoms with Crippen LogP contribution in [-0.2, 0) is 0 Å². The first kappa shape index (κ1) is 8.02. The molecule has 0 atom stereocenters. The fourth-order valence-corrected chi connectivity index (χ4v) is 1.05. The highest BCUT2D eigenvalue weighted by Crippen LogP contribution is 2.02. The van der Waals surface area contributed by atoms with E-state index in [1.54, 1.807) is 0 Å². The molecule has 0 aromatic heterocycles. The van der Waals surface area contributed by atoms with Crippen LogP contribution in [-0.4, -0.2) is 38.1 Å². The second-order valence-electron chi connectivity index (χ2n) is 3.11. The summed E-state index contributed by atoms with van der Waals surface area (Å²) in [4.78, 5) is 2.36. The van der Waals surface area contributed by atoms with E-state index in [1.807, 2.05) is 0 Å². The van der Waals surface area contributed by atoms with Crippen molar-refractivity contribution in [2.75, 3.05) is 33.2 Å². The van der Waals surface area contributed by atoms with E-state index in [0.29, 0.717) is 0 Å². The van der Waals surface area contributed by atoms with Crippen LogP contribution in [0.3, 0.4) is 0 Å². The summed E-state index contributed by atoms with van der Waals surface area (Å²) in [6.07, 6.45) is 4.22. The van der Waals surface area contributed by atoms with Crippen molar-refractivity contribution in [2.24, 2.45) is 0 Å². The molecule has 2 nitrogen and oxygen atoms in total. The van der Waals surface area contributed by atoms with E-state index in [9.17, 15) is 0 Å². The summed E-state index contributed by atoms with van der Waals surface area (Å²) >= 11 is 0. The number of rotatable bonds is 0. The van der Waals surface area contributed by atoms with Crippen molar-refractivity contribution < 1.29 is 0 Å². The summed E-state index contributed by atoms with van der Waals surface area (Å²) in [5, 5.41) is 3.11. The van der Waals surface area contributed by atoms with Gasteiger partial charge in [0.05, 0.1) is 0 Å². The van der Waals surface area contributed by atoms with Gasteiger partial charge in [0.2, 0.25) is 0 Å². The molecule has 0 saturated carbocycles. The lowest BCUT2D eigenvalue weighted by Crippen LogP contribution is -2.29. The third-order valence-electron chi connectivity index (χ3n) is 2.04. The highest BCUT2D eigenvalue weighted by molar-refractivity contribution is 4.59. The second kappa shape index (κ2) is 4.69. The van der Waals surface area contributed by atoms with Gasteiger partial charge in [0.1, 0.15) is 0 Å². The molecule has 0 spiro atoms. The molecule has 0 aromatic rings. The molecule has 10 heavy (non-hydrogen) atoms. The van der Waals surface area contributed by atoms with Crippen LogP contribution in [0.15, 0.2) is 0 Å². The molecule has 0 aliphatic carbocycles. The van der Waals surface area contributed by atoms with Crippen LogP contribution < -0.4 is 5.32 Å². The first-order valence-corrected chi connectivity index (χ1v) is 4.29. The fourth-order valence-electron chi connectivity index (χ4n) is 1.05. The SMILES string of the molecule is C1CNC1.CN1CCCC1. The van der Waals surface area contributed by atoms with Crippen LogP contribution in [0.5, 0.6) is 0 Å². The molecule has 0 radical (unpaired) electrons. The molecular weight excluding hydrogens is 124 g/mol. The molecule has 2 aliphatic rings. The molecule has 2 saturated heterocycles. The van der Waals surface area contributed by atoms with Gasteiger partial charge in [-0.3, -0.25) is 0 Å². The van der Waals surface area contributed by atoms with Crippen LogP contribution >= 0.6 is 0 Å². The van der Waals surface area contributed by atoms with Crippen molar-refractivity contribution >= 4 is 0 Å². The molecule has 0 aromatic carbocycles. The molecule has 0 unspecified atom stereocenters. The summed E-state index contributed by atoms with van der Waals surface area (Å²) in [5.74, 6) is 0. The van der Waals surface area contributed by atoms with E-state index in [4.69, 9.17) is 0 Å². The van der Waals surface area contributed by atoms with Crippen molar-refractivity contribution in [3.05, 3.63) is 0 Å². The first-order valence-electron chi connectivity index (χ1n) is 4.29. The minimum absolute atomic E-state index is 1.25. The van der Waals surface area contributed by atoms with Gasteiger partial charge in [-0.05, 0) is 52.5 Å². The second-order valence-corrected chi connectivity index (χ2v) is 3.11. The maximum Gasteiger partial charge on any atom is -0.00213 e. The van der Waals surface area contributed by atoms with E-state index in [2.05, 4.69) is 17.3 Å². The van der Waals surface area contributed by atoms with Crippen LogP contribution in [0, 0.1) is 0 Å². The lowest BCUT2D eigenvalue weighted by molar-refractivity contribution is 0.418. The minimum Gasteiger partial charge on any atom is -0.317 e. The normalized spacial score (nSPS) is 24.9. The predicted molar refractivity (Wildman–Crippen MR) is 44.2 cm³/mol. The molecule has 0 amide bonds. The Labute approximate surface area is 63.6 Å². The van der Waals surface area contributed by atoms with E-state index < -0.39 is 0 Å². The molecule has 2 aliphatic heterocycles. The van der Waals surface area contributed by atoms with Gasteiger partial charge in [0.25, 0.3) is 0 Å². The molecular formula is C8H18N2. The lowest BCUT2D eigenvalue weighted by Gasteiger charge is -2.09. The van der Waals surface area contributed by atoms with E-state index >= 15 is 0 Å². The van der Waals surface area contributed by atoms with Gasteiger partial charge in [-0.15, -0.1) is 0 Å². The summed E-state index contributed by atoms with van der Waals surface area (Å²) in [7, 11) is 2.17. The van der Waals surface area contributed by atoms with Gasteiger partial charge >= 0.3 is 0 Å². The Morgan fingerprint density at radius 1 is 1.00 bits per heavy atom. The van der Waals surface area contributed by atoms with Gasteiger partial charge in [0.15, 0.2) is 0 Å². The standard InChI is InChI=1S/C5H11N.C3H7N/c1-6-4-2-3-5-6;1-2-4-3-1/h2-5H2,1H3;4H,1-3H2. The maximum absolute atomic E-state index is 3.11. The average molecular weight is 142 g/mol. The van der Waals surface area contributed by atoms with Crippen LogP contribution in [0.2, 0.25) is 0 Å². The summed E-state index contributed by atoms with van der Waals surface area (Å²) in [6.45, 7) is 5.14. The van der Waals surface area contributed by atoms with Crippen molar-refractivity contribution in [2.45, 2.75) is 19.3 Å². The molecule has 2 heteroatoms. The number of hydrogen-bond donors (Lipinski definition) is 1.